The highest BCUT2D eigenvalue weighted by Gasteiger charge is 2.20. The van der Waals surface area contributed by atoms with Gasteiger partial charge in [-0.2, -0.15) is 0 Å². The van der Waals surface area contributed by atoms with E-state index in [-0.39, 0.29) is 11.0 Å². The molecule has 10 heteroatoms. The van der Waals surface area contributed by atoms with E-state index in [2.05, 4.69) is 26.5 Å². The van der Waals surface area contributed by atoms with E-state index in [9.17, 15) is 4.79 Å². The molecule has 0 unspecified atom stereocenters. The fourth-order valence-corrected chi connectivity index (χ4v) is 5.16. The van der Waals surface area contributed by atoms with Gasteiger partial charge in [0.2, 0.25) is 5.91 Å². The van der Waals surface area contributed by atoms with Crippen molar-refractivity contribution in [3.8, 4) is 0 Å². The molecule has 3 aromatic carbocycles. The molecule has 1 aliphatic rings. The minimum absolute atomic E-state index is 0.161. The van der Waals surface area contributed by atoms with Crippen molar-refractivity contribution in [2.24, 2.45) is 0 Å². The topological polar surface area (TPSA) is 47.6 Å². The summed E-state index contributed by atoms with van der Waals surface area (Å²) in [6.45, 7) is 4.36. The summed E-state index contributed by atoms with van der Waals surface area (Å²) in [6, 6.07) is 18.6. The normalized spacial score (nSPS) is 14.1. The minimum atomic E-state index is -0.388. The van der Waals surface area contributed by atoms with Crippen LogP contribution >= 0.6 is 58.6 Å². The van der Waals surface area contributed by atoms with Crippen molar-refractivity contribution in [1.82, 2.24) is 10.2 Å². The van der Waals surface area contributed by atoms with Crippen LogP contribution in [0.4, 0.5) is 11.4 Å². The number of thiocarbonyl (C=S) groups is 1. The molecule has 2 N–H and O–H groups in total. The number of nitrogens with zero attached hydrogens (tertiary/aromatic N) is 2. The van der Waals surface area contributed by atoms with Gasteiger partial charge in [-0.05, 0) is 65.8 Å². The van der Waals surface area contributed by atoms with Crippen LogP contribution in [0.2, 0.25) is 20.1 Å². The molecule has 0 aliphatic carbocycles. The molecule has 192 valence electrons. The third-order valence-electron chi connectivity index (χ3n) is 5.88. The van der Waals surface area contributed by atoms with Crippen molar-refractivity contribution in [3.63, 3.8) is 0 Å². The molecular formula is C27H24Cl4N4OS. The van der Waals surface area contributed by atoms with Gasteiger partial charge in [-0.3, -0.25) is 15.0 Å². The summed E-state index contributed by atoms with van der Waals surface area (Å²) < 4.78 is 0. The molecular weight excluding hydrogens is 570 g/mol. The Morgan fingerprint density at radius 3 is 2.35 bits per heavy atom. The van der Waals surface area contributed by atoms with Crippen molar-refractivity contribution in [2.45, 2.75) is 6.54 Å². The first kappa shape index (κ1) is 27.7. The second kappa shape index (κ2) is 13.0. The van der Waals surface area contributed by atoms with Gasteiger partial charge in [0.25, 0.3) is 0 Å². The fourth-order valence-electron chi connectivity index (χ4n) is 3.97. The number of carbonyl (C=O) groups is 1. The van der Waals surface area contributed by atoms with Gasteiger partial charge in [-0.25, -0.2) is 0 Å². The molecule has 0 saturated carbocycles. The van der Waals surface area contributed by atoms with Crippen molar-refractivity contribution in [3.05, 3.63) is 98.0 Å². The number of halogens is 4. The maximum absolute atomic E-state index is 12.2. The first-order valence-corrected chi connectivity index (χ1v) is 13.5. The molecule has 0 spiro atoms. The van der Waals surface area contributed by atoms with E-state index in [4.69, 9.17) is 58.6 Å². The van der Waals surface area contributed by atoms with Crippen LogP contribution in [0.3, 0.4) is 0 Å². The Kier molecular flexibility index (Phi) is 9.71. The molecule has 0 aromatic heterocycles. The van der Waals surface area contributed by atoms with Gasteiger partial charge in [-0.1, -0.05) is 70.7 Å². The highest BCUT2D eigenvalue weighted by molar-refractivity contribution is 7.80. The summed E-state index contributed by atoms with van der Waals surface area (Å²) in [4.78, 5) is 16.9. The SMILES string of the molecule is O=C(C=Cc1ccc(Cl)cc1Cl)NC(=S)Nc1ccc(N2CCN(Cc3ccccc3Cl)CC2)c(Cl)c1. The second-order valence-corrected chi connectivity index (χ2v) is 10.5. The Hall–Kier alpha value is -2.32. The summed E-state index contributed by atoms with van der Waals surface area (Å²) in [5, 5.41) is 8.16. The Morgan fingerprint density at radius 1 is 0.892 bits per heavy atom. The van der Waals surface area contributed by atoms with Crippen molar-refractivity contribution >= 4 is 87.1 Å². The average Bonchev–Trinajstić information content (AvgIpc) is 2.85. The van der Waals surface area contributed by atoms with Crippen LogP contribution in [-0.2, 0) is 11.3 Å². The fraction of sp³-hybridized carbons (Fsp3) is 0.185. The third-order valence-corrected chi connectivity index (χ3v) is 7.32. The minimum Gasteiger partial charge on any atom is -0.368 e. The lowest BCUT2D eigenvalue weighted by Gasteiger charge is -2.36. The predicted octanol–water partition coefficient (Wildman–Crippen LogP) is 7.15. The van der Waals surface area contributed by atoms with Gasteiger partial charge in [0.05, 0.1) is 10.7 Å². The highest BCUT2D eigenvalue weighted by Crippen LogP contribution is 2.30. The van der Waals surface area contributed by atoms with Crippen LogP contribution < -0.4 is 15.5 Å². The monoisotopic (exact) mass is 592 g/mol. The van der Waals surface area contributed by atoms with Crippen LogP contribution in [0.15, 0.2) is 66.7 Å². The molecule has 0 atom stereocenters. The number of anilines is 2. The van der Waals surface area contributed by atoms with Crippen molar-refractivity contribution in [1.29, 1.82) is 0 Å². The van der Waals surface area contributed by atoms with Gasteiger partial charge in [0.15, 0.2) is 5.11 Å². The Morgan fingerprint density at radius 2 is 1.65 bits per heavy atom. The number of benzene rings is 3. The van der Waals surface area contributed by atoms with Gasteiger partial charge in [0.1, 0.15) is 0 Å². The molecule has 0 radical (unpaired) electrons. The van der Waals surface area contributed by atoms with Crippen molar-refractivity contribution < 1.29 is 4.79 Å². The summed E-state index contributed by atoms with van der Waals surface area (Å²) >= 11 is 30.2. The van der Waals surface area contributed by atoms with E-state index in [1.807, 2.05) is 30.3 Å². The van der Waals surface area contributed by atoms with Gasteiger partial charge < -0.3 is 10.2 Å². The van der Waals surface area contributed by atoms with Crippen molar-refractivity contribution in [2.75, 3.05) is 36.4 Å². The second-order valence-electron chi connectivity index (χ2n) is 8.46. The van der Waals surface area contributed by atoms with E-state index >= 15 is 0 Å². The molecule has 5 nitrogen and oxygen atoms in total. The van der Waals surface area contributed by atoms with Crippen LogP contribution in [0.1, 0.15) is 11.1 Å². The molecule has 3 aromatic rings. The summed E-state index contributed by atoms with van der Waals surface area (Å²) in [7, 11) is 0. The zero-order valence-electron chi connectivity index (χ0n) is 19.7. The van der Waals surface area contributed by atoms with Crippen LogP contribution in [-0.4, -0.2) is 42.1 Å². The molecule has 1 amide bonds. The molecule has 1 fully saturated rings. The number of amides is 1. The van der Waals surface area contributed by atoms with Crippen LogP contribution in [0, 0.1) is 0 Å². The number of piperazine rings is 1. The lowest BCUT2D eigenvalue weighted by Crippen LogP contribution is -2.46. The standard InChI is InChI=1S/C27H24Cl4N4OS/c28-20-7-5-18(23(30)15-20)6-10-26(36)33-27(37)32-21-8-9-25(24(31)16-21)35-13-11-34(12-14-35)17-19-3-1-2-4-22(19)29/h1-10,15-16H,11-14,17H2,(H2,32,33,36,37). The van der Waals surface area contributed by atoms with Crippen LogP contribution in [0.5, 0.6) is 0 Å². The molecule has 0 bridgehead atoms. The molecule has 37 heavy (non-hydrogen) atoms. The van der Waals surface area contributed by atoms with E-state index in [1.165, 1.54) is 6.08 Å². The Labute approximate surface area is 241 Å². The van der Waals surface area contributed by atoms with Gasteiger partial charge in [0, 0.05) is 59.6 Å². The average molecular weight is 594 g/mol. The van der Waals surface area contributed by atoms with E-state index in [0.717, 1.165) is 49.0 Å². The first-order valence-electron chi connectivity index (χ1n) is 11.5. The quantitative estimate of drug-likeness (QED) is 0.235. The smallest absolute Gasteiger partial charge is 0.250 e. The third kappa shape index (κ3) is 7.84. The lowest BCUT2D eigenvalue weighted by molar-refractivity contribution is -0.115. The maximum Gasteiger partial charge on any atom is 0.250 e. The van der Waals surface area contributed by atoms with Gasteiger partial charge >= 0.3 is 0 Å². The Balaban J connectivity index is 1.28. The number of nitrogens with one attached hydrogen (secondary N) is 2. The van der Waals surface area contributed by atoms with E-state index < -0.39 is 0 Å². The van der Waals surface area contributed by atoms with E-state index in [1.54, 1.807) is 30.3 Å². The first-order chi connectivity index (χ1) is 17.8. The maximum atomic E-state index is 12.2. The zero-order chi connectivity index (χ0) is 26.4. The highest BCUT2D eigenvalue weighted by atomic mass is 35.5. The zero-order valence-corrected chi connectivity index (χ0v) is 23.5. The molecule has 1 aliphatic heterocycles. The van der Waals surface area contributed by atoms with Gasteiger partial charge in [-0.15, -0.1) is 0 Å². The van der Waals surface area contributed by atoms with Crippen LogP contribution in [0.25, 0.3) is 6.08 Å². The summed E-state index contributed by atoms with van der Waals surface area (Å²) in [5.74, 6) is -0.388. The van der Waals surface area contributed by atoms with E-state index in [0.29, 0.717) is 26.3 Å². The number of carbonyl (C=O) groups excluding carboxylic acids is 1. The summed E-state index contributed by atoms with van der Waals surface area (Å²) in [5.41, 5.74) is 3.45. The number of rotatable bonds is 6. The lowest BCUT2D eigenvalue weighted by atomic mass is 10.2. The molecule has 1 saturated heterocycles. The Bertz CT molecular complexity index is 1330. The largest absolute Gasteiger partial charge is 0.368 e. The number of hydrogen-bond donors (Lipinski definition) is 2. The molecule has 1 heterocycles. The predicted molar refractivity (Wildman–Crippen MR) is 160 cm³/mol. The molecule has 4 rings (SSSR count). The number of hydrogen-bond acceptors (Lipinski definition) is 4. The summed E-state index contributed by atoms with van der Waals surface area (Å²) in [6.07, 6.45) is 2.95.